The molecule has 0 bridgehead atoms. The Bertz CT molecular complexity index is 621. The van der Waals surface area contributed by atoms with E-state index in [1.807, 2.05) is 54.6 Å². The van der Waals surface area contributed by atoms with E-state index < -0.39 is 6.04 Å². The molecule has 0 aromatic heterocycles. The minimum atomic E-state index is -0.559. The Morgan fingerprint density at radius 1 is 0.905 bits per heavy atom. The van der Waals surface area contributed by atoms with Crippen LogP contribution in [0.1, 0.15) is 13.8 Å². The van der Waals surface area contributed by atoms with Crippen LogP contribution in [0.15, 0.2) is 54.6 Å². The first kappa shape index (κ1) is 14.8. The molecular weight excluding hydrogens is 264 g/mol. The topological polar surface area (TPSA) is 58.2 Å². The van der Waals surface area contributed by atoms with Gasteiger partial charge in [-0.1, -0.05) is 42.5 Å². The minimum absolute atomic E-state index is 0.225. The normalized spacial score (nSPS) is 11.5. The summed E-state index contributed by atoms with van der Waals surface area (Å²) in [5.41, 5.74) is 2.92. The van der Waals surface area contributed by atoms with Gasteiger partial charge in [0.05, 0.1) is 0 Å². The quantitative estimate of drug-likeness (QED) is 0.906. The molecule has 0 saturated carbocycles. The van der Waals surface area contributed by atoms with E-state index in [1.165, 1.54) is 6.92 Å². The van der Waals surface area contributed by atoms with Crippen molar-refractivity contribution in [1.82, 2.24) is 5.32 Å². The lowest BCUT2D eigenvalue weighted by Crippen LogP contribution is -2.40. The third kappa shape index (κ3) is 4.18. The number of rotatable bonds is 4. The predicted molar refractivity (Wildman–Crippen MR) is 83.8 cm³/mol. The molecule has 0 aliphatic rings. The number of amides is 2. The van der Waals surface area contributed by atoms with E-state index in [9.17, 15) is 9.59 Å². The van der Waals surface area contributed by atoms with Crippen LogP contribution in [-0.2, 0) is 9.59 Å². The Morgan fingerprint density at radius 3 is 2.05 bits per heavy atom. The summed E-state index contributed by atoms with van der Waals surface area (Å²) in [5, 5.41) is 5.32. The van der Waals surface area contributed by atoms with Crippen LogP contribution >= 0.6 is 0 Å². The lowest BCUT2D eigenvalue weighted by Gasteiger charge is -2.13. The van der Waals surface area contributed by atoms with E-state index in [0.717, 1.165) is 11.1 Å². The summed E-state index contributed by atoms with van der Waals surface area (Å²) in [6, 6.07) is 17.1. The monoisotopic (exact) mass is 282 g/mol. The Balaban J connectivity index is 2.03. The molecule has 1 atom stereocenters. The largest absolute Gasteiger partial charge is 0.345 e. The van der Waals surface area contributed by atoms with E-state index in [2.05, 4.69) is 10.6 Å². The second kappa shape index (κ2) is 6.70. The first-order valence-corrected chi connectivity index (χ1v) is 6.79. The lowest BCUT2D eigenvalue weighted by molar-refractivity contribution is -0.124. The summed E-state index contributed by atoms with van der Waals surface area (Å²) in [5.74, 6) is -0.463. The summed E-state index contributed by atoms with van der Waals surface area (Å²) in [4.78, 5) is 22.8. The number of nitrogens with one attached hydrogen (secondary N) is 2. The molecule has 4 heteroatoms. The molecule has 0 aliphatic carbocycles. The van der Waals surface area contributed by atoms with E-state index >= 15 is 0 Å². The summed E-state index contributed by atoms with van der Waals surface area (Å²) in [6.45, 7) is 3.04. The van der Waals surface area contributed by atoms with Gasteiger partial charge in [-0.3, -0.25) is 9.59 Å². The highest BCUT2D eigenvalue weighted by atomic mass is 16.2. The molecule has 0 heterocycles. The average molecular weight is 282 g/mol. The van der Waals surface area contributed by atoms with Crippen molar-refractivity contribution in [1.29, 1.82) is 0 Å². The molecule has 0 radical (unpaired) electrons. The fourth-order valence-electron chi connectivity index (χ4n) is 2.00. The summed E-state index contributed by atoms with van der Waals surface area (Å²) < 4.78 is 0. The smallest absolute Gasteiger partial charge is 0.246 e. The Morgan fingerprint density at radius 2 is 1.48 bits per heavy atom. The molecule has 2 aromatic rings. The first-order valence-electron chi connectivity index (χ1n) is 6.79. The number of carbonyl (C=O) groups excluding carboxylic acids is 2. The van der Waals surface area contributed by atoms with Crippen LogP contribution in [0, 0.1) is 0 Å². The van der Waals surface area contributed by atoms with Gasteiger partial charge in [0, 0.05) is 12.6 Å². The Hall–Kier alpha value is -2.62. The van der Waals surface area contributed by atoms with Crippen LogP contribution in [0.25, 0.3) is 11.1 Å². The van der Waals surface area contributed by atoms with Crippen LogP contribution in [0.5, 0.6) is 0 Å². The zero-order chi connectivity index (χ0) is 15.2. The lowest BCUT2D eigenvalue weighted by atomic mass is 10.1. The van der Waals surface area contributed by atoms with Crippen molar-refractivity contribution in [2.45, 2.75) is 19.9 Å². The predicted octanol–water partition coefficient (Wildman–Crippen LogP) is 2.82. The third-order valence-corrected chi connectivity index (χ3v) is 3.07. The average Bonchev–Trinajstić information content (AvgIpc) is 2.48. The number of anilines is 1. The van der Waals surface area contributed by atoms with Crippen molar-refractivity contribution in [3.05, 3.63) is 54.6 Å². The van der Waals surface area contributed by atoms with E-state index in [0.29, 0.717) is 5.69 Å². The van der Waals surface area contributed by atoms with Gasteiger partial charge < -0.3 is 10.6 Å². The number of hydrogen-bond acceptors (Lipinski definition) is 2. The van der Waals surface area contributed by atoms with Crippen LogP contribution in [0.2, 0.25) is 0 Å². The molecule has 0 saturated heterocycles. The molecule has 4 nitrogen and oxygen atoms in total. The number of carbonyl (C=O) groups is 2. The maximum Gasteiger partial charge on any atom is 0.246 e. The van der Waals surface area contributed by atoms with Gasteiger partial charge in [-0.15, -0.1) is 0 Å². The second-order valence-electron chi connectivity index (χ2n) is 4.85. The van der Waals surface area contributed by atoms with Crippen molar-refractivity contribution in [3.8, 4) is 11.1 Å². The van der Waals surface area contributed by atoms with Crippen molar-refractivity contribution >= 4 is 17.5 Å². The van der Waals surface area contributed by atoms with Crippen molar-refractivity contribution in [2.24, 2.45) is 0 Å². The van der Waals surface area contributed by atoms with Crippen LogP contribution in [0.3, 0.4) is 0 Å². The fraction of sp³-hybridized carbons (Fsp3) is 0.176. The highest BCUT2D eigenvalue weighted by Gasteiger charge is 2.13. The maximum atomic E-state index is 11.9. The van der Waals surface area contributed by atoms with E-state index in [4.69, 9.17) is 0 Å². The molecule has 2 rings (SSSR count). The first-order chi connectivity index (χ1) is 10.1. The highest BCUT2D eigenvalue weighted by Crippen LogP contribution is 2.20. The molecule has 2 amide bonds. The zero-order valence-electron chi connectivity index (χ0n) is 12.1. The van der Waals surface area contributed by atoms with Gasteiger partial charge in [-0.05, 0) is 30.2 Å². The Kier molecular flexibility index (Phi) is 4.72. The van der Waals surface area contributed by atoms with Crippen molar-refractivity contribution < 1.29 is 9.59 Å². The molecule has 0 spiro atoms. The molecule has 0 aliphatic heterocycles. The van der Waals surface area contributed by atoms with Gasteiger partial charge in [0.25, 0.3) is 0 Å². The van der Waals surface area contributed by atoms with Crippen LogP contribution < -0.4 is 10.6 Å². The maximum absolute atomic E-state index is 11.9. The molecular formula is C17H18N2O2. The summed E-state index contributed by atoms with van der Waals surface area (Å²) in [7, 11) is 0. The van der Waals surface area contributed by atoms with E-state index in [-0.39, 0.29) is 11.8 Å². The van der Waals surface area contributed by atoms with Gasteiger partial charge in [0.2, 0.25) is 11.8 Å². The number of benzene rings is 2. The second-order valence-corrected chi connectivity index (χ2v) is 4.85. The van der Waals surface area contributed by atoms with Crippen LogP contribution in [-0.4, -0.2) is 17.9 Å². The van der Waals surface area contributed by atoms with Gasteiger partial charge in [0.1, 0.15) is 6.04 Å². The molecule has 21 heavy (non-hydrogen) atoms. The molecule has 2 aromatic carbocycles. The van der Waals surface area contributed by atoms with Crippen molar-refractivity contribution in [3.63, 3.8) is 0 Å². The SMILES string of the molecule is CC(=O)N[C@@H](C)C(=O)Nc1ccc(-c2ccccc2)cc1. The Labute approximate surface area is 124 Å². The fourth-order valence-corrected chi connectivity index (χ4v) is 2.00. The minimum Gasteiger partial charge on any atom is -0.345 e. The molecule has 0 fully saturated rings. The number of hydrogen-bond donors (Lipinski definition) is 2. The highest BCUT2D eigenvalue weighted by molar-refractivity contribution is 5.96. The molecule has 108 valence electrons. The van der Waals surface area contributed by atoms with Crippen molar-refractivity contribution in [2.75, 3.05) is 5.32 Å². The van der Waals surface area contributed by atoms with Gasteiger partial charge in [-0.2, -0.15) is 0 Å². The van der Waals surface area contributed by atoms with Crippen LogP contribution in [0.4, 0.5) is 5.69 Å². The van der Waals surface area contributed by atoms with Gasteiger partial charge in [0.15, 0.2) is 0 Å². The van der Waals surface area contributed by atoms with E-state index in [1.54, 1.807) is 6.92 Å². The standard InChI is InChI=1S/C17H18N2O2/c1-12(18-13(2)20)17(21)19-16-10-8-15(9-11-16)14-6-4-3-5-7-14/h3-12H,1-2H3,(H,18,20)(H,19,21)/t12-/m0/s1. The zero-order valence-corrected chi connectivity index (χ0v) is 12.1. The molecule has 0 unspecified atom stereocenters. The van der Waals surface area contributed by atoms with Gasteiger partial charge >= 0.3 is 0 Å². The molecule has 2 N–H and O–H groups in total. The summed E-state index contributed by atoms with van der Waals surface area (Å²) >= 11 is 0. The summed E-state index contributed by atoms with van der Waals surface area (Å²) in [6.07, 6.45) is 0. The van der Waals surface area contributed by atoms with Gasteiger partial charge in [-0.25, -0.2) is 0 Å². The third-order valence-electron chi connectivity index (χ3n) is 3.07.